The zero-order valence-corrected chi connectivity index (χ0v) is 13.5. The topological polar surface area (TPSA) is 75.4 Å². The molecule has 3 N–H and O–H groups in total. The molecule has 0 radical (unpaired) electrons. The summed E-state index contributed by atoms with van der Waals surface area (Å²) in [6.45, 7) is 2.18. The number of rotatable bonds is 6. The molecule has 0 aliphatic carbocycles. The predicted molar refractivity (Wildman–Crippen MR) is 86.1 cm³/mol. The van der Waals surface area contributed by atoms with Gasteiger partial charge in [-0.3, -0.25) is 9.59 Å². The number of nitrogens with one attached hydrogen (secondary N) is 1. The zero-order valence-electron chi connectivity index (χ0n) is 12.7. The number of amides is 2. The molecule has 1 aromatic carbocycles. The maximum atomic E-state index is 12.1. The molecule has 21 heavy (non-hydrogen) atoms. The highest BCUT2D eigenvalue weighted by Gasteiger charge is 2.19. The van der Waals surface area contributed by atoms with Crippen LogP contribution in [0.5, 0.6) is 0 Å². The molecule has 1 aromatic rings. The summed E-state index contributed by atoms with van der Waals surface area (Å²) in [4.78, 5) is 25.1. The van der Waals surface area contributed by atoms with Gasteiger partial charge in [0.05, 0.1) is 5.92 Å². The molecule has 0 saturated carbocycles. The number of nitrogens with zero attached hydrogens (tertiary/aromatic N) is 1. The van der Waals surface area contributed by atoms with Crippen molar-refractivity contribution in [3.8, 4) is 0 Å². The second-order valence-electron chi connectivity index (χ2n) is 5.01. The number of hydrogen-bond acceptors (Lipinski definition) is 3. The first-order chi connectivity index (χ1) is 9.45. The molecular formula is C15H24ClN3O2. The Morgan fingerprint density at radius 1 is 1.29 bits per heavy atom. The number of carbonyl (C=O) groups is 2. The number of carbonyl (C=O) groups excluding carboxylic acids is 2. The van der Waals surface area contributed by atoms with Crippen LogP contribution in [0.25, 0.3) is 0 Å². The number of nitrogens with two attached hydrogens (primary N) is 1. The fraction of sp³-hybridized carbons (Fsp3) is 0.467. The Kier molecular flexibility index (Phi) is 8.66. The molecule has 5 nitrogen and oxygen atoms in total. The quantitative estimate of drug-likeness (QED) is 0.832. The normalized spacial score (nSPS) is 12.8. The summed E-state index contributed by atoms with van der Waals surface area (Å²) in [6.07, 6.45) is 0.237. The van der Waals surface area contributed by atoms with Crippen molar-refractivity contribution in [3.05, 3.63) is 35.9 Å². The second-order valence-corrected chi connectivity index (χ2v) is 5.01. The van der Waals surface area contributed by atoms with Crippen LogP contribution in [0.1, 0.15) is 24.9 Å². The van der Waals surface area contributed by atoms with Crippen LogP contribution in [0.4, 0.5) is 0 Å². The van der Waals surface area contributed by atoms with Crippen molar-refractivity contribution in [3.63, 3.8) is 0 Å². The third-order valence-electron chi connectivity index (χ3n) is 3.29. The zero-order chi connectivity index (χ0) is 15.1. The number of benzene rings is 1. The van der Waals surface area contributed by atoms with E-state index >= 15 is 0 Å². The molecule has 0 heterocycles. The molecule has 0 fully saturated rings. The summed E-state index contributed by atoms with van der Waals surface area (Å²) in [5.41, 5.74) is 6.96. The van der Waals surface area contributed by atoms with Crippen LogP contribution in [0.3, 0.4) is 0 Å². The highest BCUT2D eigenvalue weighted by Crippen LogP contribution is 2.14. The van der Waals surface area contributed by atoms with E-state index in [1.54, 1.807) is 25.9 Å². The fourth-order valence-corrected chi connectivity index (χ4v) is 2.00. The standard InChI is InChI=1S/C15H23N3O2.ClH/c1-11(15(20)17-2)10-18(3)14(19)9-13(16)12-7-5-4-6-8-12;/h4-8,11,13H,9-10,16H2,1-3H3,(H,17,20);1H. The van der Waals surface area contributed by atoms with Crippen LogP contribution in [-0.4, -0.2) is 37.4 Å². The van der Waals surface area contributed by atoms with Gasteiger partial charge in [-0.2, -0.15) is 0 Å². The second kappa shape index (κ2) is 9.37. The smallest absolute Gasteiger partial charge is 0.224 e. The van der Waals surface area contributed by atoms with Gasteiger partial charge in [0.2, 0.25) is 11.8 Å². The van der Waals surface area contributed by atoms with E-state index in [4.69, 9.17) is 5.73 Å². The van der Waals surface area contributed by atoms with Crippen LogP contribution in [0.2, 0.25) is 0 Å². The van der Waals surface area contributed by atoms with Gasteiger partial charge >= 0.3 is 0 Å². The minimum atomic E-state index is -0.318. The average molecular weight is 314 g/mol. The Balaban J connectivity index is 0.00000400. The van der Waals surface area contributed by atoms with Gasteiger partial charge in [0, 0.05) is 33.1 Å². The van der Waals surface area contributed by atoms with Gasteiger partial charge in [-0.25, -0.2) is 0 Å². The van der Waals surface area contributed by atoms with Crippen LogP contribution in [0, 0.1) is 5.92 Å². The van der Waals surface area contributed by atoms with E-state index < -0.39 is 0 Å². The summed E-state index contributed by atoms with van der Waals surface area (Å²) < 4.78 is 0. The Hall–Kier alpha value is -1.59. The first kappa shape index (κ1) is 19.4. The minimum absolute atomic E-state index is 0. The minimum Gasteiger partial charge on any atom is -0.359 e. The maximum absolute atomic E-state index is 12.1. The average Bonchev–Trinajstić information content (AvgIpc) is 2.46. The van der Waals surface area contributed by atoms with Crippen molar-refractivity contribution < 1.29 is 9.59 Å². The van der Waals surface area contributed by atoms with E-state index in [-0.39, 0.29) is 42.6 Å². The van der Waals surface area contributed by atoms with E-state index in [1.807, 2.05) is 30.3 Å². The van der Waals surface area contributed by atoms with Gasteiger partial charge in [-0.1, -0.05) is 37.3 Å². The van der Waals surface area contributed by atoms with Crippen molar-refractivity contribution in [1.29, 1.82) is 0 Å². The number of hydrogen-bond donors (Lipinski definition) is 2. The molecule has 2 atom stereocenters. The Labute approximate surface area is 132 Å². The molecule has 6 heteroatoms. The molecule has 2 amide bonds. The Morgan fingerprint density at radius 2 is 1.86 bits per heavy atom. The van der Waals surface area contributed by atoms with Gasteiger partial charge in [-0.05, 0) is 5.56 Å². The van der Waals surface area contributed by atoms with Crippen LogP contribution >= 0.6 is 12.4 Å². The van der Waals surface area contributed by atoms with Crippen LogP contribution in [0.15, 0.2) is 30.3 Å². The molecule has 1 rings (SSSR count). The molecule has 0 saturated heterocycles. The van der Waals surface area contributed by atoms with Crippen molar-refractivity contribution in [2.75, 3.05) is 20.6 Å². The van der Waals surface area contributed by atoms with E-state index in [0.717, 1.165) is 5.56 Å². The van der Waals surface area contributed by atoms with Gasteiger partial charge < -0.3 is 16.0 Å². The molecule has 0 aromatic heterocycles. The van der Waals surface area contributed by atoms with Crippen molar-refractivity contribution in [2.45, 2.75) is 19.4 Å². The van der Waals surface area contributed by atoms with Gasteiger partial charge in [0.15, 0.2) is 0 Å². The third-order valence-corrected chi connectivity index (χ3v) is 3.29. The molecule has 0 aliphatic heterocycles. The SMILES string of the molecule is CNC(=O)C(C)CN(C)C(=O)CC(N)c1ccccc1.Cl. The molecule has 0 spiro atoms. The highest BCUT2D eigenvalue weighted by atomic mass is 35.5. The summed E-state index contributed by atoms with van der Waals surface area (Å²) in [7, 11) is 3.28. The van der Waals surface area contributed by atoms with E-state index in [0.29, 0.717) is 6.54 Å². The van der Waals surface area contributed by atoms with Gasteiger partial charge in [0.25, 0.3) is 0 Å². The lowest BCUT2D eigenvalue weighted by Gasteiger charge is -2.22. The van der Waals surface area contributed by atoms with Crippen LogP contribution in [-0.2, 0) is 9.59 Å². The predicted octanol–water partition coefficient (Wildman–Crippen LogP) is 1.34. The summed E-state index contributed by atoms with van der Waals surface area (Å²) in [5, 5.41) is 2.57. The Bertz CT molecular complexity index is 453. The van der Waals surface area contributed by atoms with Crippen molar-refractivity contribution in [2.24, 2.45) is 11.7 Å². The van der Waals surface area contributed by atoms with Crippen molar-refractivity contribution in [1.82, 2.24) is 10.2 Å². The van der Waals surface area contributed by atoms with Crippen molar-refractivity contribution >= 4 is 24.2 Å². The lowest BCUT2D eigenvalue weighted by molar-refractivity contribution is -0.132. The lowest BCUT2D eigenvalue weighted by atomic mass is 10.0. The summed E-state index contributed by atoms with van der Waals surface area (Å²) in [6, 6.07) is 9.21. The molecule has 0 aliphatic rings. The van der Waals surface area contributed by atoms with Gasteiger partial charge in [0.1, 0.15) is 0 Å². The summed E-state index contributed by atoms with van der Waals surface area (Å²) in [5.74, 6) is -0.365. The van der Waals surface area contributed by atoms with E-state index in [1.165, 1.54) is 0 Å². The van der Waals surface area contributed by atoms with E-state index in [2.05, 4.69) is 5.32 Å². The molecule has 118 valence electrons. The first-order valence-electron chi connectivity index (χ1n) is 6.71. The molecular weight excluding hydrogens is 290 g/mol. The number of halogens is 1. The van der Waals surface area contributed by atoms with Gasteiger partial charge in [-0.15, -0.1) is 12.4 Å². The summed E-state index contributed by atoms with van der Waals surface area (Å²) >= 11 is 0. The molecule has 0 bridgehead atoms. The third kappa shape index (κ3) is 6.14. The van der Waals surface area contributed by atoms with Crippen LogP contribution < -0.4 is 11.1 Å². The monoisotopic (exact) mass is 313 g/mol. The lowest BCUT2D eigenvalue weighted by Crippen LogP contribution is -2.38. The largest absolute Gasteiger partial charge is 0.359 e. The van der Waals surface area contributed by atoms with E-state index in [9.17, 15) is 9.59 Å². The highest BCUT2D eigenvalue weighted by molar-refractivity contribution is 5.85. The Morgan fingerprint density at radius 3 is 2.38 bits per heavy atom. The fourth-order valence-electron chi connectivity index (χ4n) is 2.00. The maximum Gasteiger partial charge on any atom is 0.224 e. The molecule has 2 unspecified atom stereocenters. The first-order valence-corrected chi connectivity index (χ1v) is 6.71.